The summed E-state index contributed by atoms with van der Waals surface area (Å²) in [6.07, 6.45) is 8.62. The van der Waals surface area contributed by atoms with E-state index >= 15 is 0 Å². The molecule has 0 saturated carbocycles. The summed E-state index contributed by atoms with van der Waals surface area (Å²) in [5, 5.41) is 2.98. The lowest BCUT2D eigenvalue weighted by Crippen LogP contribution is -2.31. The topological polar surface area (TPSA) is 58.1 Å². The zero-order valence-electron chi connectivity index (χ0n) is 14.6. The van der Waals surface area contributed by atoms with Gasteiger partial charge in [0.05, 0.1) is 11.9 Å². The van der Waals surface area contributed by atoms with Gasteiger partial charge in [-0.05, 0) is 31.4 Å². The third kappa shape index (κ3) is 5.22. The van der Waals surface area contributed by atoms with Crippen LogP contribution < -0.4 is 5.32 Å². The molecule has 0 aliphatic carbocycles. The zero-order valence-corrected chi connectivity index (χ0v) is 14.6. The van der Waals surface area contributed by atoms with Crippen molar-refractivity contribution in [2.24, 2.45) is 5.92 Å². The molecule has 25 heavy (non-hydrogen) atoms. The third-order valence-electron chi connectivity index (χ3n) is 4.41. The van der Waals surface area contributed by atoms with Crippen molar-refractivity contribution in [1.29, 1.82) is 0 Å². The summed E-state index contributed by atoms with van der Waals surface area (Å²) < 4.78 is 0. The molecule has 1 aliphatic heterocycles. The highest BCUT2D eigenvalue weighted by atomic mass is 16.1. The summed E-state index contributed by atoms with van der Waals surface area (Å²) in [5.41, 5.74) is 2.42. The number of aryl methyl sites for hydroxylation is 1. The van der Waals surface area contributed by atoms with Gasteiger partial charge in [0.2, 0.25) is 0 Å². The maximum atomic E-state index is 12.1. The molecule has 1 amide bonds. The van der Waals surface area contributed by atoms with Crippen LogP contribution in [-0.4, -0.2) is 47.0 Å². The van der Waals surface area contributed by atoms with Crippen LogP contribution in [0.2, 0.25) is 0 Å². The van der Waals surface area contributed by atoms with Crippen molar-refractivity contribution in [2.75, 3.05) is 26.2 Å². The first-order valence-electron chi connectivity index (χ1n) is 8.71. The Kier molecular flexibility index (Phi) is 5.90. The van der Waals surface area contributed by atoms with Crippen LogP contribution in [0.4, 0.5) is 0 Å². The van der Waals surface area contributed by atoms with Crippen LogP contribution in [0.1, 0.15) is 28.2 Å². The van der Waals surface area contributed by atoms with E-state index in [4.69, 9.17) is 0 Å². The molecule has 0 bridgehead atoms. The molecule has 1 aromatic carbocycles. The van der Waals surface area contributed by atoms with Gasteiger partial charge in [-0.15, -0.1) is 0 Å². The molecular weight excluding hydrogens is 312 g/mol. The molecule has 1 aliphatic rings. The Balaban J connectivity index is 1.40. The van der Waals surface area contributed by atoms with Gasteiger partial charge in [-0.2, -0.15) is 0 Å². The van der Waals surface area contributed by atoms with Crippen LogP contribution in [0.5, 0.6) is 0 Å². The average molecular weight is 336 g/mol. The Morgan fingerprint density at radius 1 is 1.28 bits per heavy atom. The second-order valence-electron chi connectivity index (χ2n) is 6.48. The van der Waals surface area contributed by atoms with Crippen LogP contribution in [0, 0.1) is 12.8 Å². The molecule has 5 nitrogen and oxygen atoms in total. The highest BCUT2D eigenvalue weighted by Crippen LogP contribution is 2.15. The van der Waals surface area contributed by atoms with Crippen molar-refractivity contribution in [1.82, 2.24) is 20.2 Å². The van der Waals surface area contributed by atoms with E-state index in [-0.39, 0.29) is 5.91 Å². The van der Waals surface area contributed by atoms with Crippen LogP contribution in [0.15, 0.2) is 48.8 Å². The third-order valence-corrected chi connectivity index (χ3v) is 4.41. The van der Waals surface area contributed by atoms with Gasteiger partial charge in [0.25, 0.3) is 5.91 Å². The average Bonchev–Trinajstić information content (AvgIpc) is 3.09. The lowest BCUT2D eigenvalue weighted by Gasteiger charge is -2.14. The summed E-state index contributed by atoms with van der Waals surface area (Å²) in [5.74, 6) is 0.349. The molecule has 5 heteroatoms. The monoisotopic (exact) mass is 336 g/mol. The molecule has 2 heterocycles. The number of aromatic nitrogens is 2. The summed E-state index contributed by atoms with van der Waals surface area (Å²) in [6.45, 7) is 5.58. The van der Waals surface area contributed by atoms with Crippen molar-refractivity contribution in [3.05, 3.63) is 65.8 Å². The second-order valence-corrected chi connectivity index (χ2v) is 6.48. The molecule has 1 atom stereocenters. The predicted octanol–water partition coefficient (Wildman–Crippen LogP) is 2.55. The largest absolute Gasteiger partial charge is 0.350 e. The minimum Gasteiger partial charge on any atom is -0.350 e. The van der Waals surface area contributed by atoms with Gasteiger partial charge >= 0.3 is 0 Å². The second kappa shape index (κ2) is 8.53. The Morgan fingerprint density at radius 3 is 2.88 bits per heavy atom. The minimum atomic E-state index is -0.144. The number of benzene rings is 1. The van der Waals surface area contributed by atoms with Crippen LogP contribution in [0.25, 0.3) is 6.08 Å². The van der Waals surface area contributed by atoms with Crippen LogP contribution in [0.3, 0.4) is 0 Å². The van der Waals surface area contributed by atoms with Gasteiger partial charge in [-0.1, -0.05) is 42.5 Å². The van der Waals surface area contributed by atoms with Crippen molar-refractivity contribution in [3.63, 3.8) is 0 Å². The fourth-order valence-corrected chi connectivity index (χ4v) is 2.98. The molecule has 1 fully saturated rings. The Morgan fingerprint density at radius 2 is 2.12 bits per heavy atom. The first kappa shape index (κ1) is 17.3. The van der Waals surface area contributed by atoms with Crippen LogP contribution >= 0.6 is 0 Å². The molecule has 2 aromatic rings. The summed E-state index contributed by atoms with van der Waals surface area (Å²) in [7, 11) is 0. The van der Waals surface area contributed by atoms with E-state index < -0.39 is 0 Å². The maximum Gasteiger partial charge on any atom is 0.271 e. The number of carbonyl (C=O) groups is 1. The lowest BCUT2D eigenvalue weighted by molar-refractivity contribution is 0.0942. The fraction of sp³-hybridized carbons (Fsp3) is 0.350. The normalized spacial score (nSPS) is 17.9. The molecule has 0 unspecified atom stereocenters. The van der Waals surface area contributed by atoms with E-state index in [2.05, 4.69) is 44.5 Å². The van der Waals surface area contributed by atoms with Gasteiger partial charge in [-0.25, -0.2) is 4.98 Å². The first-order valence-corrected chi connectivity index (χ1v) is 8.71. The predicted molar refractivity (Wildman–Crippen MR) is 99.1 cm³/mol. The molecule has 1 saturated heterocycles. The van der Waals surface area contributed by atoms with E-state index in [0.29, 0.717) is 18.2 Å². The van der Waals surface area contributed by atoms with Crippen LogP contribution in [-0.2, 0) is 0 Å². The number of hydrogen-bond acceptors (Lipinski definition) is 4. The molecule has 130 valence electrons. The van der Waals surface area contributed by atoms with Crippen molar-refractivity contribution >= 4 is 12.0 Å². The Bertz CT molecular complexity index is 712. The van der Waals surface area contributed by atoms with E-state index in [0.717, 1.165) is 31.7 Å². The SMILES string of the molecule is Cc1cnc(C(=O)NC[C@@H]2CCN(C/C=C/c3ccccc3)C2)cn1. The summed E-state index contributed by atoms with van der Waals surface area (Å²) >= 11 is 0. The smallest absolute Gasteiger partial charge is 0.271 e. The Labute approximate surface area is 148 Å². The number of rotatable bonds is 6. The summed E-state index contributed by atoms with van der Waals surface area (Å²) in [6, 6.07) is 10.3. The summed E-state index contributed by atoms with van der Waals surface area (Å²) in [4.78, 5) is 22.7. The number of nitrogens with zero attached hydrogens (tertiary/aromatic N) is 3. The van der Waals surface area contributed by atoms with Crippen molar-refractivity contribution in [2.45, 2.75) is 13.3 Å². The molecule has 1 aromatic heterocycles. The lowest BCUT2D eigenvalue weighted by atomic mass is 10.1. The highest BCUT2D eigenvalue weighted by Gasteiger charge is 2.22. The molecule has 3 rings (SSSR count). The van der Waals surface area contributed by atoms with E-state index in [1.54, 1.807) is 6.20 Å². The number of amides is 1. The zero-order chi connectivity index (χ0) is 17.5. The highest BCUT2D eigenvalue weighted by molar-refractivity contribution is 5.91. The van der Waals surface area contributed by atoms with Gasteiger partial charge in [-0.3, -0.25) is 14.7 Å². The van der Waals surface area contributed by atoms with Gasteiger partial charge in [0.1, 0.15) is 5.69 Å². The van der Waals surface area contributed by atoms with E-state index in [1.807, 2.05) is 25.1 Å². The minimum absolute atomic E-state index is 0.144. The quantitative estimate of drug-likeness (QED) is 0.881. The standard InChI is InChI=1S/C20H24N4O/c1-16-12-22-19(14-21-16)20(25)23-13-18-9-11-24(15-18)10-5-8-17-6-3-2-4-7-17/h2-8,12,14,18H,9-11,13,15H2,1H3,(H,23,25)/b8-5+/t18-/m0/s1. The van der Waals surface area contributed by atoms with Crippen molar-refractivity contribution < 1.29 is 4.79 Å². The number of hydrogen-bond donors (Lipinski definition) is 1. The van der Waals surface area contributed by atoms with E-state index in [9.17, 15) is 4.79 Å². The van der Waals surface area contributed by atoms with Gasteiger partial charge in [0.15, 0.2) is 0 Å². The molecular formula is C20H24N4O. The first-order chi connectivity index (χ1) is 12.2. The van der Waals surface area contributed by atoms with Gasteiger partial charge in [0, 0.05) is 25.8 Å². The van der Waals surface area contributed by atoms with Crippen molar-refractivity contribution in [3.8, 4) is 0 Å². The fourth-order valence-electron chi connectivity index (χ4n) is 2.98. The number of likely N-dealkylation sites (tertiary alicyclic amines) is 1. The molecule has 0 radical (unpaired) electrons. The molecule has 0 spiro atoms. The number of nitrogens with one attached hydrogen (secondary N) is 1. The van der Waals surface area contributed by atoms with Gasteiger partial charge < -0.3 is 5.32 Å². The van der Waals surface area contributed by atoms with E-state index in [1.165, 1.54) is 11.8 Å². The number of carbonyl (C=O) groups excluding carboxylic acids is 1. The Hall–Kier alpha value is -2.53. The molecule has 1 N–H and O–H groups in total. The maximum absolute atomic E-state index is 12.1.